The van der Waals surface area contributed by atoms with Gasteiger partial charge in [-0.05, 0) is 26.0 Å². The number of Topliss-reactive ketones (excluding diaryl/α,β-unsaturated/α-hetero) is 1. The fourth-order valence-electron chi connectivity index (χ4n) is 1.22. The highest BCUT2D eigenvalue weighted by Crippen LogP contribution is 2.31. The van der Waals surface area contributed by atoms with Crippen LogP contribution in [0.25, 0.3) is 0 Å². The van der Waals surface area contributed by atoms with Crippen molar-refractivity contribution in [3.63, 3.8) is 0 Å². The molecular formula is C11H11F4NO. The summed E-state index contributed by atoms with van der Waals surface area (Å²) in [4.78, 5) is 11.6. The Kier molecular flexibility index (Phi) is 3.29. The van der Waals surface area contributed by atoms with Crippen LogP contribution in [0.1, 0.15) is 22.8 Å². The van der Waals surface area contributed by atoms with E-state index in [-0.39, 0.29) is 0 Å². The lowest BCUT2D eigenvalue weighted by Crippen LogP contribution is -2.57. The third-order valence-corrected chi connectivity index (χ3v) is 2.43. The summed E-state index contributed by atoms with van der Waals surface area (Å²) >= 11 is 0. The average Bonchev–Trinajstić information content (AvgIpc) is 2.19. The van der Waals surface area contributed by atoms with E-state index < -0.39 is 28.9 Å². The molecule has 0 radical (unpaired) electrons. The molecule has 0 aliphatic carbocycles. The molecule has 17 heavy (non-hydrogen) atoms. The highest BCUT2D eigenvalue weighted by Gasteiger charge is 2.54. The number of benzene rings is 1. The molecule has 0 heterocycles. The number of nitrogens with two attached hydrogens (primary N) is 1. The fourth-order valence-corrected chi connectivity index (χ4v) is 1.22. The van der Waals surface area contributed by atoms with Crippen LogP contribution in [-0.4, -0.2) is 17.5 Å². The van der Waals surface area contributed by atoms with Gasteiger partial charge in [0.05, 0.1) is 5.56 Å². The lowest BCUT2D eigenvalue weighted by atomic mass is 9.90. The molecule has 0 aliphatic rings. The molecule has 0 amide bonds. The number of halogens is 4. The van der Waals surface area contributed by atoms with E-state index >= 15 is 0 Å². The standard InChI is InChI=1S/C11H11F4NO/c1-6-3-4-8(12)7(5-6)9(17)10(2,16)11(13,14)15/h3-5H,16H2,1-2H3. The summed E-state index contributed by atoms with van der Waals surface area (Å²) in [5, 5.41) is 0. The minimum Gasteiger partial charge on any atom is -0.311 e. The molecule has 0 spiro atoms. The van der Waals surface area contributed by atoms with Crippen molar-refractivity contribution in [3.8, 4) is 0 Å². The van der Waals surface area contributed by atoms with Crippen LogP contribution < -0.4 is 5.73 Å². The third kappa shape index (κ3) is 2.46. The Morgan fingerprint density at radius 1 is 1.29 bits per heavy atom. The molecule has 0 aromatic heterocycles. The van der Waals surface area contributed by atoms with Gasteiger partial charge in [-0.25, -0.2) is 4.39 Å². The zero-order valence-electron chi connectivity index (χ0n) is 9.23. The molecule has 1 rings (SSSR count). The lowest BCUT2D eigenvalue weighted by Gasteiger charge is -2.26. The van der Waals surface area contributed by atoms with Gasteiger partial charge < -0.3 is 5.73 Å². The topological polar surface area (TPSA) is 43.1 Å². The Morgan fingerprint density at radius 3 is 2.29 bits per heavy atom. The van der Waals surface area contributed by atoms with Crippen molar-refractivity contribution >= 4 is 5.78 Å². The summed E-state index contributed by atoms with van der Waals surface area (Å²) in [5.74, 6) is -2.49. The summed E-state index contributed by atoms with van der Waals surface area (Å²) in [6.45, 7) is 2.06. The second-order valence-corrected chi connectivity index (χ2v) is 4.01. The number of hydrogen-bond acceptors (Lipinski definition) is 2. The van der Waals surface area contributed by atoms with Gasteiger partial charge in [-0.1, -0.05) is 11.6 Å². The van der Waals surface area contributed by atoms with Crippen LogP contribution in [0.4, 0.5) is 17.6 Å². The number of ketones is 1. The third-order valence-electron chi connectivity index (χ3n) is 2.43. The Balaban J connectivity index is 3.26. The number of aryl methyl sites for hydroxylation is 1. The Hall–Kier alpha value is -1.43. The SMILES string of the molecule is Cc1ccc(F)c(C(=O)C(C)(N)C(F)(F)F)c1. The fraction of sp³-hybridized carbons (Fsp3) is 0.364. The van der Waals surface area contributed by atoms with Crippen LogP contribution in [0.5, 0.6) is 0 Å². The van der Waals surface area contributed by atoms with Crippen molar-refractivity contribution < 1.29 is 22.4 Å². The molecule has 2 nitrogen and oxygen atoms in total. The van der Waals surface area contributed by atoms with Gasteiger partial charge in [0.2, 0.25) is 0 Å². The van der Waals surface area contributed by atoms with E-state index in [9.17, 15) is 22.4 Å². The highest BCUT2D eigenvalue weighted by molar-refractivity contribution is 6.03. The Labute approximate surface area is 95.4 Å². The van der Waals surface area contributed by atoms with Gasteiger partial charge in [0.15, 0.2) is 11.3 Å². The summed E-state index contributed by atoms with van der Waals surface area (Å²) in [7, 11) is 0. The van der Waals surface area contributed by atoms with Crippen LogP contribution >= 0.6 is 0 Å². The summed E-state index contributed by atoms with van der Waals surface area (Å²) < 4.78 is 50.9. The molecule has 0 aliphatic heterocycles. The maximum absolute atomic E-state index is 13.3. The van der Waals surface area contributed by atoms with E-state index in [1.807, 2.05) is 0 Å². The Bertz CT molecular complexity index is 451. The first-order valence-electron chi connectivity index (χ1n) is 4.74. The van der Waals surface area contributed by atoms with Crippen molar-refractivity contribution in [2.45, 2.75) is 25.6 Å². The molecule has 2 N–H and O–H groups in total. The van der Waals surface area contributed by atoms with E-state index in [1.54, 1.807) is 0 Å². The van der Waals surface area contributed by atoms with E-state index in [0.29, 0.717) is 12.5 Å². The molecule has 1 aromatic rings. The molecule has 0 fully saturated rings. The minimum atomic E-state index is -4.93. The molecular weight excluding hydrogens is 238 g/mol. The maximum Gasteiger partial charge on any atom is 0.413 e. The van der Waals surface area contributed by atoms with Gasteiger partial charge in [-0.3, -0.25) is 4.79 Å². The predicted octanol–water partition coefficient (Wildman–Crippen LogP) is 2.60. The number of carbonyl (C=O) groups is 1. The summed E-state index contributed by atoms with van der Waals surface area (Å²) in [6.07, 6.45) is -4.93. The first-order valence-corrected chi connectivity index (χ1v) is 4.74. The van der Waals surface area contributed by atoms with Crippen LogP contribution in [-0.2, 0) is 0 Å². The second kappa shape index (κ2) is 4.10. The van der Waals surface area contributed by atoms with Gasteiger partial charge in [-0.2, -0.15) is 13.2 Å². The van der Waals surface area contributed by atoms with Crippen molar-refractivity contribution in [2.24, 2.45) is 5.73 Å². The van der Waals surface area contributed by atoms with E-state index in [1.165, 1.54) is 13.0 Å². The molecule has 0 bridgehead atoms. The van der Waals surface area contributed by atoms with Crippen molar-refractivity contribution in [2.75, 3.05) is 0 Å². The molecule has 0 saturated carbocycles. The van der Waals surface area contributed by atoms with E-state index in [2.05, 4.69) is 0 Å². The summed E-state index contributed by atoms with van der Waals surface area (Å²) in [5.41, 5.74) is 1.68. The van der Waals surface area contributed by atoms with Gasteiger partial charge in [0.25, 0.3) is 0 Å². The zero-order valence-corrected chi connectivity index (χ0v) is 9.23. The number of rotatable bonds is 2. The molecule has 1 unspecified atom stereocenters. The summed E-state index contributed by atoms with van der Waals surface area (Å²) in [6, 6.07) is 3.34. The largest absolute Gasteiger partial charge is 0.413 e. The predicted molar refractivity (Wildman–Crippen MR) is 54.1 cm³/mol. The monoisotopic (exact) mass is 249 g/mol. The quantitative estimate of drug-likeness (QED) is 0.646. The van der Waals surface area contributed by atoms with Gasteiger partial charge in [0.1, 0.15) is 5.82 Å². The van der Waals surface area contributed by atoms with Crippen molar-refractivity contribution in [1.82, 2.24) is 0 Å². The van der Waals surface area contributed by atoms with E-state index in [0.717, 1.165) is 12.1 Å². The average molecular weight is 249 g/mol. The maximum atomic E-state index is 13.3. The molecule has 0 saturated heterocycles. The second-order valence-electron chi connectivity index (χ2n) is 4.01. The zero-order chi connectivity index (χ0) is 13.4. The van der Waals surface area contributed by atoms with Crippen LogP contribution in [0.2, 0.25) is 0 Å². The van der Waals surface area contributed by atoms with E-state index in [4.69, 9.17) is 5.73 Å². The van der Waals surface area contributed by atoms with Crippen LogP contribution in [0, 0.1) is 12.7 Å². The molecule has 1 aromatic carbocycles. The van der Waals surface area contributed by atoms with Gasteiger partial charge >= 0.3 is 6.18 Å². The number of hydrogen-bond donors (Lipinski definition) is 1. The van der Waals surface area contributed by atoms with Crippen molar-refractivity contribution in [1.29, 1.82) is 0 Å². The van der Waals surface area contributed by atoms with Gasteiger partial charge in [0, 0.05) is 0 Å². The molecule has 1 atom stereocenters. The minimum absolute atomic E-state index is 0.479. The molecule has 6 heteroatoms. The normalized spacial score (nSPS) is 15.5. The first-order chi connectivity index (χ1) is 7.57. The van der Waals surface area contributed by atoms with Crippen molar-refractivity contribution in [3.05, 3.63) is 35.1 Å². The highest BCUT2D eigenvalue weighted by atomic mass is 19.4. The first kappa shape index (κ1) is 13.6. The number of alkyl halides is 3. The lowest BCUT2D eigenvalue weighted by molar-refractivity contribution is -0.165. The molecule has 94 valence electrons. The Morgan fingerprint density at radius 2 is 1.82 bits per heavy atom. The van der Waals surface area contributed by atoms with Crippen LogP contribution in [0.3, 0.4) is 0 Å². The smallest absolute Gasteiger partial charge is 0.311 e. The van der Waals surface area contributed by atoms with Gasteiger partial charge in [-0.15, -0.1) is 0 Å². The number of carbonyl (C=O) groups excluding carboxylic acids is 1. The van der Waals surface area contributed by atoms with Crippen LogP contribution in [0.15, 0.2) is 18.2 Å².